The molecule has 24 heteroatoms. The van der Waals surface area contributed by atoms with Crippen LogP contribution in [0.4, 0.5) is 0 Å². The number of hydrogen-bond acceptors (Lipinski definition) is 24. The van der Waals surface area contributed by atoms with Crippen LogP contribution in [0.2, 0.25) is 0 Å². The summed E-state index contributed by atoms with van der Waals surface area (Å²) in [5.74, 6) is -7.71. The second-order valence-electron chi connectivity index (χ2n) is 23.8. The highest BCUT2D eigenvalue weighted by Gasteiger charge is 2.58. The number of aliphatic hydroxyl groups excluding tert-OH is 2. The van der Waals surface area contributed by atoms with Gasteiger partial charge in [0.25, 0.3) is 0 Å². The molecule has 3 aliphatic heterocycles. The molecule has 0 saturated carbocycles. The molecule has 9 aromatic carbocycles. The first-order valence-corrected chi connectivity index (χ1v) is 33.9. The Balaban J connectivity index is 0.937. The molecule has 15 atom stereocenters. The molecule has 532 valence electrons. The van der Waals surface area contributed by atoms with Crippen LogP contribution in [0.1, 0.15) is 82.9 Å². The highest BCUT2D eigenvalue weighted by Crippen LogP contribution is 2.40. The summed E-state index contributed by atoms with van der Waals surface area (Å²) in [5.41, 5.74) is -1.16. The largest absolute Gasteiger partial charge is 0.459 e. The molecule has 23 nitrogen and oxygen atoms in total. The first kappa shape index (κ1) is 72.6. The van der Waals surface area contributed by atoms with Crippen molar-refractivity contribution in [2.45, 2.75) is 96.2 Å². The monoisotopic (exact) mass is 1430 g/mol. The summed E-state index contributed by atoms with van der Waals surface area (Å²) in [4.78, 5) is 115. The summed E-state index contributed by atoms with van der Waals surface area (Å²) < 4.78 is 82.9. The fraction of sp³-hybridized carbons (Fsp3) is 0.225. The summed E-state index contributed by atoms with van der Waals surface area (Å²) in [6.45, 7) is -2.30. The molecule has 0 spiro atoms. The average Bonchev–Trinajstić information content (AvgIpc) is 0.772. The molecule has 0 unspecified atom stereocenters. The van der Waals surface area contributed by atoms with Crippen molar-refractivity contribution < 1.29 is 110 Å². The maximum Gasteiger partial charge on any atom is 0.338 e. The van der Waals surface area contributed by atoms with Gasteiger partial charge in [-0.15, -0.1) is 0 Å². The van der Waals surface area contributed by atoms with Crippen LogP contribution in [0.3, 0.4) is 0 Å². The van der Waals surface area contributed by atoms with E-state index in [2.05, 4.69) is 0 Å². The van der Waals surface area contributed by atoms with Crippen LogP contribution < -0.4 is 0 Å². The lowest BCUT2D eigenvalue weighted by Crippen LogP contribution is -2.66. The Morgan fingerprint density at radius 3 is 0.875 bits per heavy atom. The molecule has 3 saturated heterocycles. The third-order valence-corrected chi connectivity index (χ3v) is 18.0. The third-order valence-electron chi connectivity index (χ3n) is 16.8. The van der Waals surface area contributed by atoms with E-state index < -0.39 is 159 Å². The van der Waals surface area contributed by atoms with Gasteiger partial charge in [-0.3, -0.25) is 0 Å². The molecule has 2 N–H and O–H groups in total. The lowest BCUT2D eigenvalue weighted by Gasteiger charge is -2.48. The van der Waals surface area contributed by atoms with Crippen molar-refractivity contribution in [1.82, 2.24) is 0 Å². The van der Waals surface area contributed by atoms with Gasteiger partial charge in [-0.2, -0.15) is 0 Å². The number of benzene rings is 9. The minimum atomic E-state index is -2.09. The maximum atomic E-state index is 14.6. The Bertz CT molecular complexity index is 4330. The highest BCUT2D eigenvalue weighted by molar-refractivity contribution is 7.99. The summed E-state index contributed by atoms with van der Waals surface area (Å²) >= 11 is 0.975. The van der Waals surface area contributed by atoms with Crippen LogP contribution in [0.5, 0.6) is 0 Å². The zero-order chi connectivity index (χ0) is 72.3. The maximum absolute atomic E-state index is 14.6. The van der Waals surface area contributed by atoms with Crippen molar-refractivity contribution in [3.8, 4) is 0 Å². The van der Waals surface area contributed by atoms with Crippen LogP contribution in [-0.2, 0) is 61.6 Å². The van der Waals surface area contributed by atoms with Crippen molar-refractivity contribution in [2.24, 2.45) is 0 Å². The van der Waals surface area contributed by atoms with Crippen LogP contribution in [0.25, 0.3) is 0 Å². The van der Waals surface area contributed by atoms with Crippen molar-refractivity contribution in [3.05, 3.63) is 317 Å². The van der Waals surface area contributed by atoms with E-state index in [0.717, 1.165) is 11.8 Å². The number of ether oxygens (including phenoxy) is 13. The van der Waals surface area contributed by atoms with Gasteiger partial charge in [-0.1, -0.05) is 176 Å². The fourth-order valence-corrected chi connectivity index (χ4v) is 12.6. The van der Waals surface area contributed by atoms with Crippen LogP contribution >= 0.6 is 11.8 Å². The van der Waals surface area contributed by atoms with Gasteiger partial charge in [0.05, 0.1) is 51.1 Å². The minimum Gasteiger partial charge on any atom is -0.459 e. The summed E-state index contributed by atoms with van der Waals surface area (Å²) in [5, 5.41) is 25.8. The number of carbonyl (C=O) groups is 8. The van der Waals surface area contributed by atoms with E-state index in [1.807, 2.05) is 0 Å². The lowest BCUT2D eigenvalue weighted by molar-refractivity contribution is -0.340. The molecule has 0 aliphatic carbocycles. The van der Waals surface area contributed by atoms with E-state index >= 15 is 0 Å². The molecule has 0 aromatic heterocycles. The molecular formula is C80H68O23S. The molecule has 104 heavy (non-hydrogen) atoms. The van der Waals surface area contributed by atoms with E-state index in [-0.39, 0.29) is 44.5 Å². The standard InChI is InChI=1S/C80H68O23S/c81-61-58(46-93-78-68(101-76(89)55-40-22-7-23-41-55)66(99-74(87)53-36-18-5-19-37-53)63(97-72(85)51-32-14-3-15-33-51)59(94-78)47-91-70(83)49-28-10-1-11-29-49)96-80(104-57-44-26-9-27-45-57)62(82)65(61)103-79-69(102-77(90)56-42-24-8-25-43-56)67(100-75(88)54-38-20-6-21-39-54)64(98-73(86)52-34-16-4-17-35-52)60(95-79)48-92-71(84)50-30-12-2-13-31-50/h1-45,58-69,78-82H,46-48H2/t58-,59-,60-,61-,62-,63-,64-,65+,66+,67+,68-,69-,78-,79+,80+/m1/s1. The van der Waals surface area contributed by atoms with Gasteiger partial charge in [0, 0.05) is 4.90 Å². The number of thioether (sulfide) groups is 1. The predicted molar refractivity (Wildman–Crippen MR) is 368 cm³/mol. The smallest absolute Gasteiger partial charge is 0.338 e. The number of carbonyl (C=O) groups excluding carboxylic acids is 8. The Labute approximate surface area is 600 Å². The molecule has 12 rings (SSSR count). The SMILES string of the molecule is O=C(OC[C@H]1O[C@@H](OC[C@H]2O[C@@H](Sc3ccccc3)[C@H](O)[C@@H](O[C@@H]3O[C@H](COC(=O)c4ccccc4)[C@@H](OC(=O)c4ccccc4)[C@H](OC(=O)c4ccccc4)[C@H]3OC(=O)c3ccccc3)[C@@H]2O)[C@H](OC(=O)c2ccccc2)[C@@H](OC(=O)c2ccccc2)[C@@H]1OC(=O)c1ccccc1)c1ccccc1. The van der Waals surface area contributed by atoms with Gasteiger partial charge in [0.1, 0.15) is 55.3 Å². The van der Waals surface area contributed by atoms with Gasteiger partial charge < -0.3 is 71.8 Å². The van der Waals surface area contributed by atoms with E-state index in [0.29, 0.717) is 4.90 Å². The Hall–Kier alpha value is -11.2. The van der Waals surface area contributed by atoms with Gasteiger partial charge in [0.2, 0.25) is 0 Å². The molecule has 0 bridgehead atoms. The van der Waals surface area contributed by atoms with E-state index in [4.69, 9.17) is 61.6 Å². The van der Waals surface area contributed by atoms with Gasteiger partial charge in [-0.05, 0) is 109 Å². The first-order chi connectivity index (χ1) is 50.7. The topological polar surface area (TPSA) is 297 Å². The molecule has 0 amide bonds. The van der Waals surface area contributed by atoms with Crippen molar-refractivity contribution in [2.75, 3.05) is 19.8 Å². The molecule has 3 heterocycles. The number of hydrogen-bond donors (Lipinski definition) is 2. The third kappa shape index (κ3) is 18.3. The summed E-state index contributed by atoms with van der Waals surface area (Å²) in [7, 11) is 0. The van der Waals surface area contributed by atoms with E-state index in [1.54, 1.807) is 176 Å². The van der Waals surface area contributed by atoms with Gasteiger partial charge in [0.15, 0.2) is 49.2 Å². The number of rotatable bonds is 25. The molecule has 9 aromatic rings. The van der Waals surface area contributed by atoms with Crippen molar-refractivity contribution >= 4 is 59.5 Å². The summed E-state index contributed by atoms with van der Waals surface area (Å²) in [6.07, 6.45) is -26.3. The van der Waals surface area contributed by atoms with Crippen LogP contribution in [0.15, 0.2) is 278 Å². The summed E-state index contributed by atoms with van der Waals surface area (Å²) in [6, 6.07) is 70.6. The molecule has 3 fully saturated rings. The van der Waals surface area contributed by atoms with Crippen molar-refractivity contribution in [1.29, 1.82) is 0 Å². The lowest BCUT2D eigenvalue weighted by atomic mass is 9.96. The quantitative estimate of drug-likeness (QED) is 0.0397. The average molecular weight is 1430 g/mol. The second-order valence-corrected chi connectivity index (χ2v) is 25.0. The predicted octanol–water partition coefficient (Wildman–Crippen LogP) is 10.1. The zero-order valence-electron chi connectivity index (χ0n) is 55.1. The number of aliphatic hydroxyl groups is 2. The highest BCUT2D eigenvalue weighted by atomic mass is 32.2. The molecule has 0 radical (unpaired) electrons. The van der Waals surface area contributed by atoms with Gasteiger partial charge in [-0.25, -0.2) is 38.4 Å². The normalized spacial score (nSPS) is 24.2. The molecule has 3 aliphatic rings. The van der Waals surface area contributed by atoms with E-state index in [9.17, 15) is 48.6 Å². The van der Waals surface area contributed by atoms with Crippen LogP contribution in [-0.4, -0.2) is 169 Å². The molecular weight excluding hydrogens is 1360 g/mol. The Morgan fingerprint density at radius 2 is 0.548 bits per heavy atom. The second kappa shape index (κ2) is 35.1. The van der Waals surface area contributed by atoms with Crippen LogP contribution in [0, 0.1) is 0 Å². The van der Waals surface area contributed by atoms with Gasteiger partial charge >= 0.3 is 47.8 Å². The van der Waals surface area contributed by atoms with E-state index in [1.165, 1.54) is 97.1 Å². The Kier molecular flexibility index (Phi) is 24.5. The Morgan fingerprint density at radius 1 is 0.279 bits per heavy atom. The minimum absolute atomic E-state index is 0.00366. The number of esters is 8. The fourth-order valence-electron chi connectivity index (χ4n) is 11.6. The first-order valence-electron chi connectivity index (χ1n) is 33.0. The zero-order valence-corrected chi connectivity index (χ0v) is 56.0. The van der Waals surface area contributed by atoms with Crippen molar-refractivity contribution in [3.63, 3.8) is 0 Å².